The number of amides is 2. The zero-order valence-electron chi connectivity index (χ0n) is 25.7. The van der Waals surface area contributed by atoms with E-state index in [9.17, 15) is 24.3 Å². The highest BCUT2D eigenvalue weighted by atomic mass is 16.6. The monoisotopic (exact) mass is 600 g/mol. The molecule has 0 radical (unpaired) electrons. The van der Waals surface area contributed by atoms with Crippen LogP contribution in [0.4, 0.5) is 4.79 Å². The third-order valence-corrected chi connectivity index (χ3v) is 8.05. The van der Waals surface area contributed by atoms with Gasteiger partial charge in [-0.15, -0.1) is 0 Å². The summed E-state index contributed by atoms with van der Waals surface area (Å²) in [7, 11) is 2.95. The Kier molecular flexibility index (Phi) is 12.0. The largest absolute Gasteiger partial charge is 0.438 e. The van der Waals surface area contributed by atoms with Gasteiger partial charge in [0.25, 0.3) is 5.91 Å². The molecule has 12 nitrogen and oxygen atoms in total. The summed E-state index contributed by atoms with van der Waals surface area (Å²) in [6, 6.07) is 0. The van der Waals surface area contributed by atoms with Gasteiger partial charge in [0.1, 0.15) is 6.10 Å². The first-order valence-electron chi connectivity index (χ1n) is 14.5. The van der Waals surface area contributed by atoms with Gasteiger partial charge in [-0.05, 0) is 44.6 Å². The van der Waals surface area contributed by atoms with Gasteiger partial charge in [0.15, 0.2) is 6.10 Å². The first-order valence-corrected chi connectivity index (χ1v) is 14.5. The maximum Gasteiger partial charge on any atom is 0.422 e. The molecule has 43 heavy (non-hydrogen) atoms. The van der Waals surface area contributed by atoms with Crippen LogP contribution in [0.2, 0.25) is 0 Å². The molecule has 1 aliphatic carbocycles. The third kappa shape index (κ3) is 8.29. The van der Waals surface area contributed by atoms with Crippen LogP contribution >= 0.6 is 0 Å². The van der Waals surface area contributed by atoms with Crippen molar-refractivity contribution in [3.63, 3.8) is 0 Å². The van der Waals surface area contributed by atoms with Crippen molar-refractivity contribution in [2.45, 2.75) is 71.4 Å². The van der Waals surface area contributed by atoms with E-state index >= 15 is 0 Å². The lowest BCUT2D eigenvalue weighted by atomic mass is 9.84. The number of fused-ring (bicyclic) bond motifs is 2. The molecule has 236 valence electrons. The molecule has 3 aliphatic rings. The molecule has 2 heterocycles. The van der Waals surface area contributed by atoms with Gasteiger partial charge in [-0.2, -0.15) is 0 Å². The van der Waals surface area contributed by atoms with Crippen molar-refractivity contribution in [1.29, 1.82) is 0 Å². The number of ketones is 2. The van der Waals surface area contributed by atoms with E-state index in [1.54, 1.807) is 32.1 Å². The van der Waals surface area contributed by atoms with Crippen molar-refractivity contribution in [3.05, 3.63) is 58.5 Å². The van der Waals surface area contributed by atoms with Crippen LogP contribution < -0.4 is 16.6 Å². The number of hydrazine groups is 1. The number of nitrogens with one attached hydrogen (secondary N) is 2. The van der Waals surface area contributed by atoms with E-state index in [1.165, 1.54) is 26.4 Å². The number of aliphatic hydroxyl groups is 1. The number of methoxy groups -OCH3 is 2. The Morgan fingerprint density at radius 1 is 1.14 bits per heavy atom. The first-order chi connectivity index (χ1) is 20.4. The quantitative estimate of drug-likeness (QED) is 0.123. The van der Waals surface area contributed by atoms with Gasteiger partial charge in [-0.1, -0.05) is 38.2 Å². The normalized spacial score (nSPS) is 32.9. The Morgan fingerprint density at radius 2 is 1.84 bits per heavy atom. The molecule has 0 aromatic heterocycles. The molecule has 2 amide bonds. The Labute approximate surface area is 252 Å². The van der Waals surface area contributed by atoms with Crippen molar-refractivity contribution >= 4 is 23.6 Å². The molecular formula is C31H44N4O8. The zero-order valence-corrected chi connectivity index (χ0v) is 25.7. The van der Waals surface area contributed by atoms with Crippen molar-refractivity contribution in [2.24, 2.45) is 17.7 Å². The molecule has 3 rings (SSSR count). The molecule has 0 unspecified atom stereocenters. The number of rotatable bonds is 4. The molecule has 0 aromatic rings. The van der Waals surface area contributed by atoms with Crippen molar-refractivity contribution in [1.82, 2.24) is 15.6 Å². The average Bonchev–Trinajstić information content (AvgIpc) is 2.95. The smallest absolute Gasteiger partial charge is 0.422 e. The summed E-state index contributed by atoms with van der Waals surface area (Å²) >= 11 is 0. The summed E-state index contributed by atoms with van der Waals surface area (Å²) in [6.07, 6.45) is 5.11. The number of allylic oxidation sites excluding steroid dienone is 4. The fourth-order valence-electron chi connectivity index (χ4n) is 5.48. The fourth-order valence-corrected chi connectivity index (χ4v) is 5.48. The lowest BCUT2D eigenvalue weighted by Crippen LogP contribution is -2.43. The number of hydrogen-bond donors (Lipinski definition) is 4. The Hall–Kier alpha value is -3.58. The second-order valence-electron chi connectivity index (χ2n) is 11.4. The topological polar surface area (TPSA) is 170 Å². The van der Waals surface area contributed by atoms with Gasteiger partial charge < -0.3 is 29.5 Å². The summed E-state index contributed by atoms with van der Waals surface area (Å²) in [4.78, 5) is 54.0. The van der Waals surface area contributed by atoms with Gasteiger partial charge in [-0.3, -0.25) is 19.8 Å². The van der Waals surface area contributed by atoms with E-state index in [0.717, 1.165) is 6.42 Å². The minimum Gasteiger partial charge on any atom is -0.438 e. The second kappa shape index (κ2) is 15.2. The molecule has 2 aliphatic heterocycles. The molecule has 1 fully saturated rings. The molecule has 1 saturated heterocycles. The highest BCUT2D eigenvalue weighted by Gasteiger charge is 2.36. The maximum atomic E-state index is 13.7. The van der Waals surface area contributed by atoms with E-state index in [2.05, 4.69) is 5.32 Å². The van der Waals surface area contributed by atoms with Crippen LogP contribution in [0.1, 0.15) is 47.0 Å². The van der Waals surface area contributed by atoms with Crippen molar-refractivity contribution < 1.29 is 38.5 Å². The van der Waals surface area contributed by atoms with Gasteiger partial charge >= 0.3 is 6.09 Å². The van der Waals surface area contributed by atoms with Crippen molar-refractivity contribution in [2.75, 3.05) is 27.3 Å². The number of carbonyl (C=O) groups excluding carboxylic acids is 4. The molecule has 0 aromatic carbocycles. The highest BCUT2D eigenvalue weighted by molar-refractivity contribution is 6.23. The number of hydrogen-bond acceptors (Lipinski definition) is 10. The Balaban J connectivity index is 2.07. The lowest BCUT2D eigenvalue weighted by Gasteiger charge is -2.37. The number of carbonyl (C=O) groups is 4. The maximum absolute atomic E-state index is 13.7. The summed E-state index contributed by atoms with van der Waals surface area (Å²) in [5, 5.41) is 13.9. The standard InChI is InChI=1S/C31H44N4O8/c1-17-13-21-26(35-11-8-12-35)23(36)16-22(28(21)38)33-30(39)18(2)9-7-10-24(41-5)29(43-31(40)34-32)20(4)15-19(3)27(37)25(14-17)42-6/h7,9-10,15-17,19,24-25,27,29,37H,8,11-14,32H2,1-6H3,(H,33,39)(H,34,40)/b10-7-,18-9+,20-15+/t17-,19+,24+,25+,27-,29+/m1/s1. The molecular weight excluding hydrogens is 556 g/mol. The van der Waals surface area contributed by atoms with Crippen LogP contribution in [0.3, 0.4) is 0 Å². The van der Waals surface area contributed by atoms with E-state index in [1.807, 2.05) is 24.2 Å². The SMILES string of the molecule is CO[C@H]1/C=C\C=C(/C)C(=O)NC2=CC(=O)C(N3CCC3)=C(C[C@@H](C)C[C@H](OC)[C@H](O)[C@@H](C)/C=C(\C)[C@@H]1OC(=O)NN)C2=O. The number of nitrogens with zero attached hydrogens (tertiary/aromatic N) is 1. The van der Waals surface area contributed by atoms with Crippen LogP contribution in [-0.2, 0) is 28.6 Å². The van der Waals surface area contributed by atoms with Crippen LogP contribution in [-0.4, -0.2) is 85.3 Å². The number of nitrogens with two attached hydrogens (primary N) is 1. The van der Waals surface area contributed by atoms with Gasteiger partial charge in [-0.25, -0.2) is 10.6 Å². The van der Waals surface area contributed by atoms with Gasteiger partial charge in [0.2, 0.25) is 11.6 Å². The van der Waals surface area contributed by atoms with Crippen LogP contribution in [0.5, 0.6) is 0 Å². The summed E-state index contributed by atoms with van der Waals surface area (Å²) in [6.45, 7) is 8.42. The van der Waals surface area contributed by atoms with E-state index in [4.69, 9.17) is 20.1 Å². The number of aliphatic hydroxyl groups excluding tert-OH is 1. The molecule has 0 spiro atoms. The molecule has 5 N–H and O–H groups in total. The Morgan fingerprint density at radius 3 is 2.42 bits per heavy atom. The molecule has 6 atom stereocenters. The minimum atomic E-state index is -0.946. The second-order valence-corrected chi connectivity index (χ2v) is 11.4. The molecule has 12 heteroatoms. The predicted molar refractivity (Wildman–Crippen MR) is 159 cm³/mol. The summed E-state index contributed by atoms with van der Waals surface area (Å²) in [5.74, 6) is 3.39. The minimum absolute atomic E-state index is 0.0797. The van der Waals surface area contributed by atoms with Gasteiger partial charge in [0, 0.05) is 50.4 Å². The predicted octanol–water partition coefficient (Wildman–Crippen LogP) is 1.97. The average molecular weight is 601 g/mol. The van der Waals surface area contributed by atoms with Gasteiger partial charge in [0.05, 0.1) is 23.6 Å². The highest BCUT2D eigenvalue weighted by Crippen LogP contribution is 2.32. The van der Waals surface area contributed by atoms with Crippen LogP contribution in [0, 0.1) is 11.8 Å². The summed E-state index contributed by atoms with van der Waals surface area (Å²) in [5.41, 5.74) is 3.46. The zero-order chi connectivity index (χ0) is 31.8. The number of likely N-dealkylation sites (tertiary alicyclic amines) is 1. The molecule has 0 saturated carbocycles. The van der Waals surface area contributed by atoms with Crippen LogP contribution in [0.25, 0.3) is 0 Å². The third-order valence-electron chi connectivity index (χ3n) is 8.05. The summed E-state index contributed by atoms with van der Waals surface area (Å²) < 4.78 is 16.8. The lowest BCUT2D eigenvalue weighted by molar-refractivity contribution is -0.120. The molecule has 2 bridgehead atoms. The Bertz CT molecular complexity index is 1250. The number of Topliss-reactive ketones (excluding diaryl/α,β-unsaturated/α-hetero) is 1. The first kappa shape index (κ1) is 33.9. The van der Waals surface area contributed by atoms with Crippen LogP contribution in [0.15, 0.2) is 58.5 Å². The van der Waals surface area contributed by atoms with Crippen molar-refractivity contribution in [3.8, 4) is 0 Å². The van der Waals surface area contributed by atoms with E-state index in [-0.39, 0.29) is 29.4 Å². The van der Waals surface area contributed by atoms with E-state index in [0.29, 0.717) is 36.4 Å². The number of ether oxygens (including phenoxy) is 3. The van der Waals surface area contributed by atoms with E-state index < -0.39 is 48.1 Å². The fraction of sp³-hybridized carbons (Fsp3) is 0.548.